The summed E-state index contributed by atoms with van der Waals surface area (Å²) in [7, 11) is 0. The van der Waals surface area contributed by atoms with Crippen molar-refractivity contribution in [3.63, 3.8) is 0 Å². The first kappa shape index (κ1) is 24.7. The van der Waals surface area contributed by atoms with E-state index in [0.29, 0.717) is 42.7 Å². The van der Waals surface area contributed by atoms with E-state index in [4.69, 9.17) is 5.26 Å². The molecule has 0 bridgehead atoms. The number of hydrogen-bond donors (Lipinski definition) is 3. The molecule has 1 aromatic heterocycles. The summed E-state index contributed by atoms with van der Waals surface area (Å²) < 4.78 is 1.72. The Morgan fingerprint density at radius 2 is 1.91 bits per heavy atom. The van der Waals surface area contributed by atoms with Crippen LogP contribution in [-0.2, 0) is 6.54 Å². The van der Waals surface area contributed by atoms with Crippen LogP contribution in [0.5, 0.6) is 0 Å². The van der Waals surface area contributed by atoms with Crippen molar-refractivity contribution in [1.29, 1.82) is 5.26 Å². The Morgan fingerprint density at radius 1 is 1.18 bits per heavy atom. The van der Waals surface area contributed by atoms with Gasteiger partial charge in [-0.15, -0.1) is 0 Å². The molecule has 4 rings (SSSR count). The van der Waals surface area contributed by atoms with E-state index in [0.717, 1.165) is 32.1 Å². The minimum absolute atomic E-state index is 0.115. The molecule has 0 aromatic carbocycles. The van der Waals surface area contributed by atoms with Gasteiger partial charge in [-0.05, 0) is 92.8 Å². The summed E-state index contributed by atoms with van der Waals surface area (Å²) in [6, 6.07) is 2.12. The lowest BCUT2D eigenvalue weighted by Crippen LogP contribution is -2.52. The Kier molecular flexibility index (Phi) is 6.48. The van der Waals surface area contributed by atoms with Crippen LogP contribution in [-0.4, -0.2) is 42.9 Å². The molecule has 6 nitrogen and oxygen atoms in total. The molecule has 0 unspecified atom stereocenters. The number of nitriles is 1. The molecule has 0 amide bonds. The molecule has 1 aromatic rings. The Balaban J connectivity index is 1.48. The Morgan fingerprint density at radius 3 is 2.55 bits per heavy atom. The van der Waals surface area contributed by atoms with Crippen LogP contribution in [0.15, 0.2) is 12.4 Å². The van der Waals surface area contributed by atoms with Crippen molar-refractivity contribution in [3.05, 3.63) is 18.0 Å². The van der Waals surface area contributed by atoms with E-state index in [-0.39, 0.29) is 23.4 Å². The Hall–Kier alpha value is -1.42. The van der Waals surface area contributed by atoms with E-state index in [9.17, 15) is 15.3 Å². The second kappa shape index (κ2) is 8.66. The summed E-state index contributed by atoms with van der Waals surface area (Å²) in [5.41, 5.74) is -0.919. The SMILES string of the molecule is CC[C@@H]1C[C@@](O)(CO)CC[C@]1(C)[C@H]1CC[C@@]2(C)[C@@H](CC[C@@H]2[C@](C)(O)Cn2cc(C#N)cn2)C1. The quantitative estimate of drug-likeness (QED) is 0.592. The highest BCUT2D eigenvalue weighted by molar-refractivity contribution is 5.21. The highest BCUT2D eigenvalue weighted by Gasteiger charge is 2.58. The van der Waals surface area contributed by atoms with Gasteiger partial charge in [-0.2, -0.15) is 10.4 Å². The van der Waals surface area contributed by atoms with E-state index in [2.05, 4.69) is 31.9 Å². The molecule has 3 aliphatic carbocycles. The molecule has 3 fully saturated rings. The van der Waals surface area contributed by atoms with Gasteiger partial charge in [0.05, 0.1) is 36.1 Å². The highest BCUT2D eigenvalue weighted by atomic mass is 16.3. The maximum atomic E-state index is 11.6. The summed E-state index contributed by atoms with van der Waals surface area (Å²) in [6.07, 6.45) is 12.4. The first-order valence-corrected chi connectivity index (χ1v) is 13.0. The van der Waals surface area contributed by atoms with Gasteiger partial charge < -0.3 is 15.3 Å². The number of aliphatic hydroxyl groups is 3. The average molecular weight is 458 g/mol. The van der Waals surface area contributed by atoms with Gasteiger partial charge in [-0.1, -0.05) is 27.2 Å². The zero-order valence-electron chi connectivity index (χ0n) is 20.9. The van der Waals surface area contributed by atoms with E-state index >= 15 is 0 Å². The van der Waals surface area contributed by atoms with Gasteiger partial charge in [0.15, 0.2) is 0 Å². The van der Waals surface area contributed by atoms with Gasteiger partial charge in [-0.25, -0.2) is 0 Å². The maximum absolute atomic E-state index is 11.6. The lowest BCUT2D eigenvalue weighted by atomic mass is 9.50. The van der Waals surface area contributed by atoms with E-state index in [1.54, 1.807) is 17.1 Å². The molecule has 0 aliphatic heterocycles. The Bertz CT molecular complexity index is 891. The molecule has 0 radical (unpaired) electrons. The summed E-state index contributed by atoms with van der Waals surface area (Å²) in [5.74, 6) is 1.89. The van der Waals surface area contributed by atoms with Crippen molar-refractivity contribution in [1.82, 2.24) is 9.78 Å². The molecular weight excluding hydrogens is 414 g/mol. The molecule has 0 saturated heterocycles. The van der Waals surface area contributed by atoms with Crippen molar-refractivity contribution in [2.75, 3.05) is 6.61 Å². The van der Waals surface area contributed by atoms with Gasteiger partial charge in [0.25, 0.3) is 0 Å². The Labute approximate surface area is 199 Å². The molecule has 184 valence electrons. The van der Waals surface area contributed by atoms with E-state index in [1.807, 2.05) is 6.92 Å². The first-order valence-electron chi connectivity index (χ1n) is 13.0. The number of aliphatic hydroxyl groups excluding tert-OH is 1. The monoisotopic (exact) mass is 457 g/mol. The average Bonchev–Trinajstić information content (AvgIpc) is 3.38. The number of nitrogens with zero attached hydrogens (tertiary/aromatic N) is 3. The molecule has 6 heteroatoms. The fourth-order valence-corrected chi connectivity index (χ4v) is 8.38. The van der Waals surface area contributed by atoms with Crippen LogP contribution in [0, 0.1) is 45.8 Å². The van der Waals surface area contributed by atoms with Crippen molar-refractivity contribution < 1.29 is 15.3 Å². The minimum atomic E-state index is -0.904. The molecule has 1 heterocycles. The fraction of sp³-hybridized carbons (Fsp3) is 0.852. The molecule has 33 heavy (non-hydrogen) atoms. The van der Waals surface area contributed by atoms with Crippen LogP contribution in [0.2, 0.25) is 0 Å². The number of rotatable bonds is 6. The third-order valence-electron chi connectivity index (χ3n) is 10.5. The van der Waals surface area contributed by atoms with Crippen molar-refractivity contribution in [3.8, 4) is 6.07 Å². The predicted molar refractivity (Wildman–Crippen MR) is 127 cm³/mol. The lowest BCUT2D eigenvalue weighted by Gasteiger charge is -2.56. The highest BCUT2D eigenvalue weighted by Crippen LogP contribution is 2.64. The molecule has 3 N–H and O–H groups in total. The molecular formula is C27H43N3O3. The van der Waals surface area contributed by atoms with E-state index in [1.165, 1.54) is 12.8 Å². The third-order valence-corrected chi connectivity index (χ3v) is 10.5. The second-order valence-corrected chi connectivity index (χ2v) is 12.4. The van der Waals surface area contributed by atoms with Crippen molar-refractivity contribution >= 4 is 0 Å². The van der Waals surface area contributed by atoms with Gasteiger partial charge in [0.1, 0.15) is 6.07 Å². The van der Waals surface area contributed by atoms with Crippen LogP contribution in [0.3, 0.4) is 0 Å². The third kappa shape index (κ3) is 4.26. The summed E-state index contributed by atoms with van der Waals surface area (Å²) in [6.45, 7) is 9.31. The first-order chi connectivity index (χ1) is 15.5. The van der Waals surface area contributed by atoms with Gasteiger partial charge in [-0.3, -0.25) is 4.68 Å². The smallest absolute Gasteiger partial charge is 0.102 e. The second-order valence-electron chi connectivity index (χ2n) is 12.4. The summed E-state index contributed by atoms with van der Waals surface area (Å²) in [5, 5.41) is 45.5. The summed E-state index contributed by atoms with van der Waals surface area (Å²) >= 11 is 0. The zero-order chi connectivity index (χ0) is 24.1. The van der Waals surface area contributed by atoms with Crippen LogP contribution in [0.4, 0.5) is 0 Å². The standard InChI is InChI=1S/C27H43N3O3/c1-5-20-13-27(33,18-31)11-10-24(20,2)22-8-9-25(3)21(12-22)6-7-23(25)26(4,32)17-30-16-19(14-28)15-29-30/h15-16,20-23,31-33H,5-13,17-18H2,1-4H3/t20-,21+,22+,23+,24+,25+,26-,27-/m1/s1. The van der Waals surface area contributed by atoms with Crippen LogP contribution in [0.1, 0.15) is 91.0 Å². The number of fused-ring (bicyclic) bond motifs is 1. The number of aromatic nitrogens is 2. The molecule has 0 spiro atoms. The van der Waals surface area contributed by atoms with Gasteiger partial charge in [0, 0.05) is 6.20 Å². The zero-order valence-corrected chi connectivity index (χ0v) is 20.9. The lowest BCUT2D eigenvalue weighted by molar-refractivity contribution is -0.129. The largest absolute Gasteiger partial charge is 0.393 e. The van der Waals surface area contributed by atoms with Crippen molar-refractivity contribution in [2.45, 2.75) is 103 Å². The summed E-state index contributed by atoms with van der Waals surface area (Å²) in [4.78, 5) is 0. The fourth-order valence-electron chi connectivity index (χ4n) is 8.38. The molecule has 8 atom stereocenters. The van der Waals surface area contributed by atoms with Crippen LogP contribution in [0.25, 0.3) is 0 Å². The molecule has 3 aliphatic rings. The van der Waals surface area contributed by atoms with Crippen molar-refractivity contribution in [2.24, 2.45) is 34.5 Å². The van der Waals surface area contributed by atoms with Crippen LogP contribution < -0.4 is 0 Å². The van der Waals surface area contributed by atoms with Gasteiger partial charge >= 0.3 is 0 Å². The normalized spacial score (nSPS) is 43.0. The molecule has 3 saturated carbocycles. The maximum Gasteiger partial charge on any atom is 0.102 e. The topological polar surface area (TPSA) is 102 Å². The van der Waals surface area contributed by atoms with E-state index < -0.39 is 11.2 Å². The van der Waals surface area contributed by atoms with Crippen LogP contribution >= 0.6 is 0 Å². The minimum Gasteiger partial charge on any atom is -0.393 e. The van der Waals surface area contributed by atoms with Gasteiger partial charge in [0.2, 0.25) is 0 Å². The number of hydrogen-bond acceptors (Lipinski definition) is 5. The predicted octanol–water partition coefficient (Wildman–Crippen LogP) is 4.28.